The molecule has 1 aromatic rings. The van der Waals surface area contributed by atoms with Crippen molar-refractivity contribution in [2.75, 3.05) is 26.2 Å². The highest BCUT2D eigenvalue weighted by Crippen LogP contribution is 2.16. The van der Waals surface area contributed by atoms with E-state index in [1.165, 1.54) is 6.33 Å². The fourth-order valence-electron chi connectivity index (χ4n) is 3.37. The van der Waals surface area contributed by atoms with Gasteiger partial charge in [0.25, 0.3) is 0 Å². The van der Waals surface area contributed by atoms with E-state index in [2.05, 4.69) is 15.4 Å². The van der Waals surface area contributed by atoms with E-state index in [-0.39, 0.29) is 18.0 Å². The minimum Gasteiger partial charge on any atom is -0.353 e. The van der Waals surface area contributed by atoms with Gasteiger partial charge in [0, 0.05) is 45.2 Å². The van der Waals surface area contributed by atoms with Crippen LogP contribution < -0.4 is 5.32 Å². The third-order valence-electron chi connectivity index (χ3n) is 4.76. The Morgan fingerprint density at radius 2 is 1.79 bits per heavy atom. The van der Waals surface area contributed by atoms with E-state index < -0.39 is 0 Å². The molecular weight excluding hydrogens is 308 g/mol. The van der Waals surface area contributed by atoms with Gasteiger partial charge in [-0.15, -0.1) is 0 Å². The number of nitrogens with zero attached hydrogens (tertiary/aromatic N) is 5. The average molecular weight is 334 g/mol. The minimum absolute atomic E-state index is 0.0828. The molecule has 2 saturated heterocycles. The summed E-state index contributed by atoms with van der Waals surface area (Å²) in [5.41, 5.74) is 0. The fraction of sp³-hybridized carbons (Fsp3) is 0.750. The van der Waals surface area contributed by atoms with Crippen molar-refractivity contribution in [3.63, 3.8) is 0 Å². The Labute approximate surface area is 142 Å². The van der Waals surface area contributed by atoms with E-state index in [9.17, 15) is 9.59 Å². The number of piperidine rings is 1. The summed E-state index contributed by atoms with van der Waals surface area (Å²) >= 11 is 0. The number of nitrogens with one attached hydrogen (secondary N) is 1. The highest BCUT2D eigenvalue weighted by Gasteiger charge is 2.28. The van der Waals surface area contributed by atoms with E-state index in [1.54, 1.807) is 11.0 Å². The first-order valence-electron chi connectivity index (χ1n) is 8.88. The van der Waals surface area contributed by atoms with Gasteiger partial charge < -0.3 is 15.1 Å². The molecule has 8 heteroatoms. The number of hydrogen-bond donors (Lipinski definition) is 1. The molecule has 1 N–H and O–H groups in total. The molecule has 2 aliphatic rings. The van der Waals surface area contributed by atoms with Crippen LogP contribution in [-0.4, -0.2) is 68.7 Å². The number of urea groups is 1. The zero-order valence-corrected chi connectivity index (χ0v) is 14.1. The summed E-state index contributed by atoms with van der Waals surface area (Å²) in [5, 5.41) is 7.11. The van der Waals surface area contributed by atoms with Crippen LogP contribution >= 0.6 is 0 Å². The third-order valence-corrected chi connectivity index (χ3v) is 4.76. The Balaban J connectivity index is 1.32. The Hall–Kier alpha value is -2.12. The van der Waals surface area contributed by atoms with Gasteiger partial charge in [0.15, 0.2) is 0 Å². The van der Waals surface area contributed by atoms with Gasteiger partial charge in [0.2, 0.25) is 5.91 Å². The average Bonchev–Trinajstić information content (AvgIpc) is 3.29. The molecule has 2 fully saturated rings. The maximum absolute atomic E-state index is 12.3. The Morgan fingerprint density at radius 3 is 2.46 bits per heavy atom. The SMILES string of the molecule is O=C(CCCn1cncn1)NC1CCN(C(=O)N2CCCC2)CC1. The lowest BCUT2D eigenvalue weighted by Crippen LogP contribution is -2.50. The highest BCUT2D eigenvalue weighted by molar-refractivity contribution is 5.76. The summed E-state index contributed by atoms with van der Waals surface area (Å²) in [6, 6.07) is 0.358. The number of amides is 3. The summed E-state index contributed by atoms with van der Waals surface area (Å²) in [7, 11) is 0. The summed E-state index contributed by atoms with van der Waals surface area (Å²) in [4.78, 5) is 32.1. The second-order valence-corrected chi connectivity index (χ2v) is 6.57. The molecule has 3 rings (SSSR count). The maximum atomic E-state index is 12.3. The van der Waals surface area contributed by atoms with Crippen LogP contribution in [-0.2, 0) is 11.3 Å². The molecule has 24 heavy (non-hydrogen) atoms. The lowest BCUT2D eigenvalue weighted by atomic mass is 10.0. The van der Waals surface area contributed by atoms with Crippen molar-refractivity contribution in [1.82, 2.24) is 29.9 Å². The van der Waals surface area contributed by atoms with Crippen molar-refractivity contribution in [2.24, 2.45) is 0 Å². The van der Waals surface area contributed by atoms with Gasteiger partial charge in [-0.3, -0.25) is 9.48 Å². The summed E-state index contributed by atoms with van der Waals surface area (Å²) in [6.45, 7) is 3.96. The van der Waals surface area contributed by atoms with Crippen LogP contribution in [0.1, 0.15) is 38.5 Å². The third kappa shape index (κ3) is 4.46. The molecule has 132 valence electrons. The molecule has 0 radical (unpaired) electrons. The van der Waals surface area contributed by atoms with Crippen LogP contribution in [0.2, 0.25) is 0 Å². The van der Waals surface area contributed by atoms with Crippen LogP contribution in [0.5, 0.6) is 0 Å². The number of rotatable bonds is 5. The smallest absolute Gasteiger partial charge is 0.319 e. The number of carbonyl (C=O) groups is 2. The molecule has 0 aliphatic carbocycles. The Morgan fingerprint density at radius 1 is 1.08 bits per heavy atom. The van der Waals surface area contributed by atoms with Crippen molar-refractivity contribution >= 4 is 11.9 Å². The second kappa shape index (κ2) is 8.12. The largest absolute Gasteiger partial charge is 0.353 e. The zero-order chi connectivity index (χ0) is 16.8. The minimum atomic E-state index is 0.0828. The second-order valence-electron chi connectivity index (χ2n) is 6.57. The predicted octanol–water partition coefficient (Wildman–Crippen LogP) is 0.855. The Kier molecular flexibility index (Phi) is 5.66. The van der Waals surface area contributed by atoms with Gasteiger partial charge in [-0.25, -0.2) is 9.78 Å². The molecule has 0 aromatic carbocycles. The maximum Gasteiger partial charge on any atom is 0.319 e. The van der Waals surface area contributed by atoms with Gasteiger partial charge in [0.05, 0.1) is 0 Å². The molecule has 0 atom stereocenters. The topological polar surface area (TPSA) is 83.4 Å². The number of likely N-dealkylation sites (tertiary alicyclic amines) is 2. The first-order chi connectivity index (χ1) is 11.7. The molecule has 3 heterocycles. The van der Waals surface area contributed by atoms with Crippen LogP contribution in [0.3, 0.4) is 0 Å². The van der Waals surface area contributed by atoms with Crippen LogP contribution in [0.15, 0.2) is 12.7 Å². The molecule has 1 aromatic heterocycles. The highest BCUT2D eigenvalue weighted by atomic mass is 16.2. The Bertz CT molecular complexity index is 533. The van der Waals surface area contributed by atoms with Gasteiger partial charge >= 0.3 is 6.03 Å². The van der Waals surface area contributed by atoms with E-state index in [0.717, 1.165) is 58.3 Å². The van der Waals surface area contributed by atoms with E-state index in [0.29, 0.717) is 13.0 Å². The number of aryl methyl sites for hydroxylation is 1. The number of carbonyl (C=O) groups excluding carboxylic acids is 2. The molecule has 0 spiro atoms. The van der Waals surface area contributed by atoms with E-state index in [1.807, 2.05) is 9.80 Å². The van der Waals surface area contributed by atoms with Crippen molar-refractivity contribution < 1.29 is 9.59 Å². The summed E-state index contributed by atoms with van der Waals surface area (Å²) < 4.78 is 1.73. The van der Waals surface area contributed by atoms with Crippen molar-refractivity contribution in [1.29, 1.82) is 0 Å². The predicted molar refractivity (Wildman–Crippen MR) is 88.2 cm³/mol. The molecule has 0 unspecified atom stereocenters. The van der Waals surface area contributed by atoms with Crippen LogP contribution in [0.4, 0.5) is 4.79 Å². The summed E-state index contributed by atoms with van der Waals surface area (Å²) in [5.74, 6) is 0.0828. The van der Waals surface area contributed by atoms with Gasteiger partial charge in [-0.2, -0.15) is 5.10 Å². The van der Waals surface area contributed by atoms with Crippen LogP contribution in [0, 0.1) is 0 Å². The number of aromatic nitrogens is 3. The standard InChI is InChI=1S/C16H26N6O2/c23-15(4-3-9-22-13-17-12-18-22)19-14-5-10-21(11-6-14)16(24)20-7-1-2-8-20/h12-14H,1-11H2,(H,19,23). The zero-order valence-electron chi connectivity index (χ0n) is 14.1. The van der Waals surface area contributed by atoms with Crippen molar-refractivity contribution in [3.8, 4) is 0 Å². The lowest BCUT2D eigenvalue weighted by molar-refractivity contribution is -0.122. The van der Waals surface area contributed by atoms with Gasteiger partial charge in [0.1, 0.15) is 12.7 Å². The summed E-state index contributed by atoms with van der Waals surface area (Å²) in [6.07, 6.45) is 8.32. The van der Waals surface area contributed by atoms with Crippen LogP contribution in [0.25, 0.3) is 0 Å². The molecule has 0 saturated carbocycles. The van der Waals surface area contributed by atoms with E-state index >= 15 is 0 Å². The van der Waals surface area contributed by atoms with E-state index in [4.69, 9.17) is 0 Å². The normalized spacial score (nSPS) is 18.8. The quantitative estimate of drug-likeness (QED) is 0.865. The lowest BCUT2D eigenvalue weighted by Gasteiger charge is -2.34. The van der Waals surface area contributed by atoms with Gasteiger partial charge in [-0.05, 0) is 32.1 Å². The molecule has 2 aliphatic heterocycles. The molecular formula is C16H26N6O2. The molecule has 3 amide bonds. The first-order valence-corrected chi connectivity index (χ1v) is 8.88. The van der Waals surface area contributed by atoms with Gasteiger partial charge in [-0.1, -0.05) is 0 Å². The van der Waals surface area contributed by atoms with Crippen molar-refractivity contribution in [2.45, 2.75) is 51.1 Å². The monoisotopic (exact) mass is 334 g/mol. The fourth-order valence-corrected chi connectivity index (χ4v) is 3.37. The molecule has 0 bridgehead atoms. The molecule has 8 nitrogen and oxygen atoms in total. The first kappa shape index (κ1) is 16.7. The van der Waals surface area contributed by atoms with Crippen molar-refractivity contribution in [3.05, 3.63) is 12.7 Å². The number of hydrogen-bond acceptors (Lipinski definition) is 4.